The van der Waals surface area contributed by atoms with Crippen LogP contribution in [0.4, 0.5) is 8.78 Å². The minimum absolute atomic E-state index is 0.0786. The fourth-order valence-corrected chi connectivity index (χ4v) is 2.88. The largest absolute Gasteiger partial charge is 0.207 e. The van der Waals surface area contributed by atoms with Gasteiger partial charge in [-0.15, -0.1) is 11.6 Å². The van der Waals surface area contributed by atoms with E-state index in [0.29, 0.717) is 0 Å². The van der Waals surface area contributed by atoms with Crippen molar-refractivity contribution in [2.75, 3.05) is 0 Å². The quantitative estimate of drug-likeness (QED) is 0.395. The van der Waals surface area contributed by atoms with Gasteiger partial charge in [-0.3, -0.25) is 0 Å². The molecule has 3 aromatic carbocycles. The summed E-state index contributed by atoms with van der Waals surface area (Å²) in [6.45, 7) is 0. The minimum atomic E-state index is -0.789. The summed E-state index contributed by atoms with van der Waals surface area (Å²) in [6, 6.07) is 15.3. The van der Waals surface area contributed by atoms with Crippen LogP contribution in [0.25, 0.3) is 10.8 Å². The Morgan fingerprint density at radius 3 is 2.33 bits per heavy atom. The van der Waals surface area contributed by atoms with E-state index in [1.165, 1.54) is 0 Å². The van der Waals surface area contributed by atoms with Crippen LogP contribution in [0, 0.1) is 11.6 Å². The van der Waals surface area contributed by atoms with Crippen molar-refractivity contribution in [3.8, 4) is 0 Å². The molecular weight excluding hydrogens is 313 g/mol. The number of hydrogen-bond donors (Lipinski definition) is 0. The third-order valence-corrected chi connectivity index (χ3v) is 4.17. The van der Waals surface area contributed by atoms with Crippen molar-refractivity contribution < 1.29 is 8.78 Å². The highest BCUT2D eigenvalue weighted by molar-refractivity contribution is 6.30. The maximum absolute atomic E-state index is 14.0. The fourth-order valence-electron chi connectivity index (χ4n) is 2.37. The van der Waals surface area contributed by atoms with Crippen LogP contribution in [0.2, 0.25) is 5.02 Å². The fraction of sp³-hybridized carbons (Fsp3) is 0.0588. The van der Waals surface area contributed by atoms with E-state index in [1.54, 1.807) is 0 Å². The molecule has 0 saturated carbocycles. The molecule has 0 nitrogen and oxygen atoms in total. The van der Waals surface area contributed by atoms with Gasteiger partial charge in [0.2, 0.25) is 0 Å². The Hall–Kier alpha value is -1.64. The van der Waals surface area contributed by atoms with E-state index >= 15 is 0 Å². The number of benzene rings is 3. The van der Waals surface area contributed by atoms with Gasteiger partial charge in [-0.2, -0.15) is 0 Å². The summed E-state index contributed by atoms with van der Waals surface area (Å²) in [6.07, 6.45) is 0. The van der Waals surface area contributed by atoms with Gasteiger partial charge in [0.05, 0.1) is 10.4 Å². The van der Waals surface area contributed by atoms with Crippen LogP contribution >= 0.6 is 23.2 Å². The molecule has 3 rings (SSSR count). The molecule has 0 saturated heterocycles. The molecule has 0 aliphatic carbocycles. The number of alkyl halides is 1. The van der Waals surface area contributed by atoms with E-state index in [1.807, 2.05) is 42.5 Å². The Kier molecular flexibility index (Phi) is 3.83. The summed E-state index contributed by atoms with van der Waals surface area (Å²) in [4.78, 5) is 0. The summed E-state index contributed by atoms with van der Waals surface area (Å²) >= 11 is 12.0. The van der Waals surface area contributed by atoms with Gasteiger partial charge in [0, 0.05) is 5.56 Å². The van der Waals surface area contributed by atoms with Crippen molar-refractivity contribution in [3.63, 3.8) is 0 Å². The van der Waals surface area contributed by atoms with Crippen molar-refractivity contribution in [1.29, 1.82) is 0 Å². The highest BCUT2D eigenvalue weighted by Gasteiger charge is 2.19. The minimum Gasteiger partial charge on any atom is -0.207 e. The highest BCUT2D eigenvalue weighted by Crippen LogP contribution is 2.36. The van der Waals surface area contributed by atoms with Gasteiger partial charge in [-0.1, -0.05) is 54.1 Å². The first-order valence-corrected chi connectivity index (χ1v) is 7.15. The van der Waals surface area contributed by atoms with Gasteiger partial charge < -0.3 is 0 Å². The van der Waals surface area contributed by atoms with Crippen LogP contribution in [0.5, 0.6) is 0 Å². The molecule has 0 N–H and O–H groups in total. The second-order valence-electron chi connectivity index (χ2n) is 4.72. The zero-order valence-electron chi connectivity index (χ0n) is 10.8. The third-order valence-electron chi connectivity index (χ3n) is 3.41. The number of hydrogen-bond acceptors (Lipinski definition) is 0. The predicted octanol–water partition coefficient (Wildman–Crippen LogP) is 6.10. The maximum atomic E-state index is 14.0. The lowest BCUT2D eigenvalue weighted by molar-refractivity contribution is 0.588. The lowest BCUT2D eigenvalue weighted by Gasteiger charge is -2.14. The SMILES string of the molecule is Fc1cc(C(Cl)c2cccc3ccccc23)c(F)cc1Cl. The summed E-state index contributed by atoms with van der Waals surface area (Å²) in [5.41, 5.74) is 0.810. The molecule has 106 valence electrons. The van der Waals surface area contributed by atoms with Gasteiger partial charge in [0.25, 0.3) is 0 Å². The average Bonchev–Trinajstić information content (AvgIpc) is 2.49. The number of rotatable bonds is 2. The highest BCUT2D eigenvalue weighted by atomic mass is 35.5. The topological polar surface area (TPSA) is 0 Å². The van der Waals surface area contributed by atoms with Crippen LogP contribution in [0.3, 0.4) is 0 Å². The lowest BCUT2D eigenvalue weighted by atomic mass is 9.97. The summed E-state index contributed by atoms with van der Waals surface area (Å²) in [5.74, 6) is -1.30. The molecule has 0 amide bonds. The molecule has 0 heterocycles. The van der Waals surface area contributed by atoms with Gasteiger partial charge in [-0.05, 0) is 28.5 Å². The van der Waals surface area contributed by atoms with Crippen LogP contribution in [-0.2, 0) is 0 Å². The van der Waals surface area contributed by atoms with Crippen LogP contribution in [-0.4, -0.2) is 0 Å². The molecule has 1 unspecified atom stereocenters. The Balaban J connectivity index is 2.17. The van der Waals surface area contributed by atoms with E-state index in [0.717, 1.165) is 28.5 Å². The molecule has 1 atom stereocenters. The molecule has 0 spiro atoms. The Labute approximate surface area is 130 Å². The van der Waals surface area contributed by atoms with Crippen LogP contribution in [0.15, 0.2) is 54.6 Å². The Bertz CT molecular complexity index is 810. The number of fused-ring (bicyclic) bond motifs is 1. The van der Waals surface area contributed by atoms with Crippen molar-refractivity contribution in [2.24, 2.45) is 0 Å². The molecule has 0 aliphatic rings. The van der Waals surface area contributed by atoms with Gasteiger partial charge in [-0.25, -0.2) is 8.78 Å². The normalized spacial score (nSPS) is 12.6. The third kappa shape index (κ3) is 2.61. The summed E-state index contributed by atoms with van der Waals surface area (Å²) < 4.78 is 27.6. The molecule has 0 radical (unpaired) electrons. The molecule has 4 heteroatoms. The maximum Gasteiger partial charge on any atom is 0.142 e. The zero-order valence-corrected chi connectivity index (χ0v) is 12.3. The predicted molar refractivity (Wildman–Crippen MR) is 83.0 cm³/mol. The second kappa shape index (κ2) is 5.63. The van der Waals surface area contributed by atoms with E-state index in [-0.39, 0.29) is 10.6 Å². The van der Waals surface area contributed by atoms with E-state index in [2.05, 4.69) is 0 Å². The van der Waals surface area contributed by atoms with Crippen molar-refractivity contribution in [1.82, 2.24) is 0 Å². The molecule has 0 aromatic heterocycles. The second-order valence-corrected chi connectivity index (χ2v) is 5.56. The molecule has 0 fully saturated rings. The van der Waals surface area contributed by atoms with Crippen molar-refractivity contribution >= 4 is 34.0 Å². The van der Waals surface area contributed by atoms with Crippen LogP contribution < -0.4 is 0 Å². The van der Waals surface area contributed by atoms with Gasteiger partial charge in [0.15, 0.2) is 0 Å². The zero-order chi connectivity index (χ0) is 15.0. The van der Waals surface area contributed by atoms with Gasteiger partial charge in [0.1, 0.15) is 11.6 Å². The molecular formula is C17H10Cl2F2. The first kappa shape index (κ1) is 14.3. The van der Waals surface area contributed by atoms with E-state index in [9.17, 15) is 8.78 Å². The monoisotopic (exact) mass is 322 g/mol. The van der Waals surface area contributed by atoms with E-state index < -0.39 is 17.0 Å². The molecule has 0 bridgehead atoms. The van der Waals surface area contributed by atoms with Gasteiger partial charge >= 0.3 is 0 Å². The first-order chi connectivity index (χ1) is 10.1. The summed E-state index contributed by atoms with van der Waals surface area (Å²) in [5, 5.41) is 0.867. The van der Waals surface area contributed by atoms with E-state index in [4.69, 9.17) is 23.2 Å². The average molecular weight is 323 g/mol. The number of halogens is 4. The Morgan fingerprint density at radius 2 is 1.52 bits per heavy atom. The van der Waals surface area contributed by atoms with Crippen molar-refractivity contribution in [3.05, 3.63) is 82.4 Å². The standard InChI is InChI=1S/C17H10Cl2F2/c18-14-9-15(20)13(8-16(14)21)17(19)12-7-3-5-10-4-1-2-6-11(10)12/h1-9,17H. The molecule has 21 heavy (non-hydrogen) atoms. The van der Waals surface area contributed by atoms with Crippen molar-refractivity contribution in [2.45, 2.75) is 5.38 Å². The molecule has 0 aliphatic heterocycles. The first-order valence-electron chi connectivity index (χ1n) is 6.34. The lowest BCUT2D eigenvalue weighted by Crippen LogP contribution is -1.99. The smallest absolute Gasteiger partial charge is 0.142 e. The Morgan fingerprint density at radius 1 is 0.810 bits per heavy atom. The van der Waals surface area contributed by atoms with Crippen LogP contribution in [0.1, 0.15) is 16.5 Å². The summed E-state index contributed by atoms with van der Waals surface area (Å²) in [7, 11) is 0. The molecule has 3 aromatic rings.